The highest BCUT2D eigenvalue weighted by atomic mass is 16.5. The van der Waals surface area contributed by atoms with Crippen LogP contribution in [0.25, 0.3) is 0 Å². The van der Waals surface area contributed by atoms with E-state index in [1.54, 1.807) is 33.5 Å². The molecule has 1 aliphatic carbocycles. The van der Waals surface area contributed by atoms with E-state index in [-0.39, 0.29) is 12.5 Å². The summed E-state index contributed by atoms with van der Waals surface area (Å²) in [5.41, 5.74) is 0. The molecular formula is C23H37NO6. The number of ether oxygens (including phenoxy) is 4. The Bertz CT molecular complexity index is 634. The van der Waals surface area contributed by atoms with E-state index >= 15 is 0 Å². The van der Waals surface area contributed by atoms with Gasteiger partial charge in [0.05, 0.1) is 21.3 Å². The first-order valence-electron chi connectivity index (χ1n) is 10.9. The lowest BCUT2D eigenvalue weighted by molar-refractivity contribution is -0.124. The number of nitrogens with zero attached hydrogens (tertiary/aromatic N) is 1. The number of aliphatic hydroxyl groups excluding tert-OH is 1. The number of aliphatic hydroxyl groups is 1. The van der Waals surface area contributed by atoms with Crippen molar-refractivity contribution in [3.8, 4) is 23.0 Å². The zero-order valence-corrected chi connectivity index (χ0v) is 18.8. The van der Waals surface area contributed by atoms with E-state index in [9.17, 15) is 9.90 Å². The molecule has 0 radical (unpaired) electrons. The molecule has 0 saturated heterocycles. The minimum absolute atomic E-state index is 0.131. The number of Topliss-reactive ketones (excluding diaryl/α,β-unsaturated/α-hetero) is 1. The van der Waals surface area contributed by atoms with Crippen molar-refractivity contribution in [1.29, 1.82) is 0 Å². The maximum Gasteiger partial charge on any atom is 0.203 e. The van der Waals surface area contributed by atoms with Crippen LogP contribution in [0.2, 0.25) is 0 Å². The molecule has 1 aliphatic rings. The van der Waals surface area contributed by atoms with Gasteiger partial charge < -0.3 is 29.0 Å². The Hall–Kier alpha value is -1.99. The summed E-state index contributed by atoms with van der Waals surface area (Å²) in [6, 6.07) is 3.41. The van der Waals surface area contributed by atoms with E-state index in [0.29, 0.717) is 48.3 Å². The second-order valence-electron chi connectivity index (χ2n) is 7.77. The third kappa shape index (κ3) is 7.06. The van der Waals surface area contributed by atoms with E-state index in [0.717, 1.165) is 19.4 Å². The van der Waals surface area contributed by atoms with Gasteiger partial charge in [-0.3, -0.25) is 4.79 Å². The largest absolute Gasteiger partial charge is 0.493 e. The summed E-state index contributed by atoms with van der Waals surface area (Å²) in [6.07, 6.45) is 5.55. The van der Waals surface area contributed by atoms with Crippen LogP contribution in [0.15, 0.2) is 12.1 Å². The normalized spacial score (nSPS) is 15.7. The van der Waals surface area contributed by atoms with Crippen molar-refractivity contribution in [2.24, 2.45) is 5.92 Å². The molecule has 2 rings (SSSR count). The Balaban J connectivity index is 1.83. The van der Waals surface area contributed by atoms with Gasteiger partial charge in [0.1, 0.15) is 24.2 Å². The van der Waals surface area contributed by atoms with Crippen LogP contribution in [0.3, 0.4) is 0 Å². The van der Waals surface area contributed by atoms with Gasteiger partial charge in [-0.1, -0.05) is 26.2 Å². The molecule has 1 atom stereocenters. The van der Waals surface area contributed by atoms with E-state index in [1.165, 1.54) is 19.3 Å². The number of hydrogen-bond donors (Lipinski definition) is 1. The molecule has 1 N–H and O–H groups in total. The maximum absolute atomic E-state index is 12.4. The minimum atomic E-state index is -0.672. The van der Waals surface area contributed by atoms with Gasteiger partial charge in [-0.15, -0.1) is 0 Å². The second kappa shape index (κ2) is 12.6. The molecule has 30 heavy (non-hydrogen) atoms. The minimum Gasteiger partial charge on any atom is -0.493 e. The fourth-order valence-corrected chi connectivity index (χ4v) is 3.96. The van der Waals surface area contributed by atoms with Crippen LogP contribution in [0.4, 0.5) is 0 Å². The monoisotopic (exact) mass is 423 g/mol. The number of hydrogen-bond acceptors (Lipinski definition) is 7. The summed E-state index contributed by atoms with van der Waals surface area (Å²) < 4.78 is 21.7. The van der Waals surface area contributed by atoms with Gasteiger partial charge in [-0.25, -0.2) is 0 Å². The van der Waals surface area contributed by atoms with Gasteiger partial charge in [0, 0.05) is 37.6 Å². The molecule has 1 aromatic carbocycles. The Morgan fingerprint density at radius 3 is 2.27 bits per heavy atom. The molecule has 1 aromatic rings. The summed E-state index contributed by atoms with van der Waals surface area (Å²) in [7, 11) is 4.64. The third-order valence-electron chi connectivity index (χ3n) is 5.73. The zero-order chi connectivity index (χ0) is 21.9. The molecule has 1 saturated carbocycles. The fraction of sp³-hybridized carbons (Fsp3) is 0.696. The Kier molecular flexibility index (Phi) is 10.2. The first kappa shape index (κ1) is 24.3. The van der Waals surface area contributed by atoms with E-state index < -0.39 is 6.10 Å². The first-order chi connectivity index (χ1) is 14.5. The van der Waals surface area contributed by atoms with Crippen LogP contribution < -0.4 is 18.9 Å². The van der Waals surface area contributed by atoms with Crippen molar-refractivity contribution in [3.05, 3.63) is 12.1 Å². The van der Waals surface area contributed by atoms with Gasteiger partial charge in [0.15, 0.2) is 11.5 Å². The van der Waals surface area contributed by atoms with Crippen molar-refractivity contribution in [3.63, 3.8) is 0 Å². The van der Waals surface area contributed by atoms with E-state index in [4.69, 9.17) is 18.9 Å². The van der Waals surface area contributed by atoms with Crippen LogP contribution in [0.5, 0.6) is 23.0 Å². The number of likely N-dealkylation sites (N-methyl/N-ethyl adjacent to an activating group) is 1. The van der Waals surface area contributed by atoms with Crippen molar-refractivity contribution in [2.75, 3.05) is 47.6 Å². The number of benzene rings is 1. The van der Waals surface area contributed by atoms with Gasteiger partial charge in [0.25, 0.3) is 0 Å². The number of methoxy groups -OCH3 is 3. The van der Waals surface area contributed by atoms with Crippen molar-refractivity contribution >= 4 is 5.78 Å². The summed E-state index contributed by atoms with van der Waals surface area (Å²) in [4.78, 5) is 14.5. The van der Waals surface area contributed by atoms with Crippen molar-refractivity contribution in [1.82, 2.24) is 4.90 Å². The van der Waals surface area contributed by atoms with Gasteiger partial charge in [-0.05, 0) is 19.4 Å². The molecule has 0 bridgehead atoms. The van der Waals surface area contributed by atoms with Crippen molar-refractivity contribution in [2.45, 2.75) is 51.6 Å². The van der Waals surface area contributed by atoms with E-state index in [1.807, 2.05) is 6.92 Å². The van der Waals surface area contributed by atoms with Crippen LogP contribution in [0.1, 0.15) is 45.4 Å². The third-order valence-corrected chi connectivity index (χ3v) is 5.73. The molecular weight excluding hydrogens is 386 g/mol. The molecule has 0 aromatic heterocycles. The van der Waals surface area contributed by atoms with Crippen molar-refractivity contribution < 1.29 is 28.8 Å². The topological polar surface area (TPSA) is 77.5 Å². The Labute approximate surface area is 180 Å². The smallest absolute Gasteiger partial charge is 0.203 e. The average molecular weight is 424 g/mol. The second-order valence-corrected chi connectivity index (χ2v) is 7.77. The molecule has 0 amide bonds. The number of rotatable bonds is 13. The molecule has 0 aliphatic heterocycles. The summed E-state index contributed by atoms with van der Waals surface area (Å²) >= 11 is 0. The van der Waals surface area contributed by atoms with Gasteiger partial charge in [0.2, 0.25) is 5.75 Å². The van der Waals surface area contributed by atoms with E-state index in [2.05, 4.69) is 4.90 Å². The Morgan fingerprint density at radius 2 is 1.73 bits per heavy atom. The summed E-state index contributed by atoms with van der Waals surface area (Å²) in [5.74, 6) is 2.63. The van der Waals surface area contributed by atoms with Crippen LogP contribution in [0, 0.1) is 5.92 Å². The molecule has 7 heteroatoms. The van der Waals surface area contributed by atoms with Crippen LogP contribution in [-0.4, -0.2) is 69.5 Å². The van der Waals surface area contributed by atoms with Crippen LogP contribution >= 0.6 is 0 Å². The molecule has 0 heterocycles. The Morgan fingerprint density at radius 1 is 1.10 bits per heavy atom. The predicted molar refractivity (Wildman–Crippen MR) is 116 cm³/mol. The molecule has 1 fully saturated rings. The molecule has 1 unspecified atom stereocenters. The molecule has 0 spiro atoms. The number of carbonyl (C=O) groups is 1. The fourth-order valence-electron chi connectivity index (χ4n) is 3.96. The van der Waals surface area contributed by atoms with Gasteiger partial charge in [-0.2, -0.15) is 0 Å². The first-order valence-corrected chi connectivity index (χ1v) is 10.9. The highest BCUT2D eigenvalue weighted by Crippen LogP contribution is 2.40. The lowest BCUT2D eigenvalue weighted by atomic mass is 9.85. The van der Waals surface area contributed by atoms with Gasteiger partial charge >= 0.3 is 0 Å². The summed E-state index contributed by atoms with van der Waals surface area (Å²) in [5, 5.41) is 10.4. The molecule has 7 nitrogen and oxygen atoms in total. The standard InChI is InChI=1S/C23H37NO6/c1-5-24(12-11-20(26)17-9-7-6-8-10-17)15-18(25)16-30-19-13-21(27-2)23(29-4)22(14-19)28-3/h13-14,17-18,25H,5-12,15-16H2,1-4H3. The number of carbonyl (C=O) groups excluding carboxylic acids is 1. The summed E-state index contributed by atoms with van der Waals surface area (Å²) in [6.45, 7) is 4.08. The van der Waals surface area contributed by atoms with Crippen LogP contribution in [-0.2, 0) is 4.79 Å². The lowest BCUT2D eigenvalue weighted by Gasteiger charge is -2.25. The highest BCUT2D eigenvalue weighted by Gasteiger charge is 2.22. The average Bonchev–Trinajstić information content (AvgIpc) is 2.79. The molecule has 170 valence electrons. The quantitative estimate of drug-likeness (QED) is 0.521. The predicted octanol–water partition coefficient (Wildman–Crippen LogP) is 3.31. The maximum atomic E-state index is 12.4. The highest BCUT2D eigenvalue weighted by molar-refractivity contribution is 5.81. The zero-order valence-electron chi connectivity index (χ0n) is 18.8. The number of ketones is 1. The lowest BCUT2D eigenvalue weighted by Crippen LogP contribution is -2.37. The SMILES string of the molecule is CCN(CCC(=O)C1CCCCC1)CC(O)COc1cc(OC)c(OC)c(OC)c1.